The first-order valence-corrected chi connectivity index (χ1v) is 8.41. The maximum Gasteiger partial charge on any atom is 0.246 e. The second-order valence-corrected chi connectivity index (χ2v) is 7.85. The van der Waals surface area contributed by atoms with Crippen LogP contribution in [-0.4, -0.2) is 31.9 Å². The highest BCUT2D eigenvalue weighted by Crippen LogP contribution is 2.29. The molecule has 0 saturated carbocycles. The molecular formula is C13H17N3O3S2. The van der Waals surface area contributed by atoms with Crippen LogP contribution in [0.4, 0.5) is 5.69 Å². The fourth-order valence-corrected chi connectivity index (χ4v) is 4.11. The first-order chi connectivity index (χ1) is 9.84. The number of nitrogens with zero attached hydrogens (tertiary/aromatic N) is 2. The third-order valence-electron chi connectivity index (χ3n) is 2.92. The average molecular weight is 327 g/mol. The normalized spacial score (nSPS) is 11.8. The van der Waals surface area contributed by atoms with Crippen LogP contribution in [0.15, 0.2) is 29.3 Å². The molecule has 2 N–H and O–H groups in total. The molecule has 0 spiro atoms. The quantitative estimate of drug-likeness (QED) is 0.847. The number of benzene rings is 1. The van der Waals surface area contributed by atoms with Crippen LogP contribution < -0.4 is 10.5 Å². The molecule has 0 radical (unpaired) electrons. The summed E-state index contributed by atoms with van der Waals surface area (Å²) in [5, 5.41) is 0.900. The number of thiazole rings is 1. The fourth-order valence-electron chi connectivity index (χ4n) is 1.85. The van der Waals surface area contributed by atoms with Crippen LogP contribution in [0.2, 0.25) is 0 Å². The van der Waals surface area contributed by atoms with E-state index in [9.17, 15) is 8.42 Å². The maximum absolute atomic E-state index is 12.6. The van der Waals surface area contributed by atoms with Crippen molar-refractivity contribution in [2.75, 3.05) is 19.9 Å². The first kappa shape index (κ1) is 15.7. The summed E-state index contributed by atoms with van der Waals surface area (Å²) in [5.41, 5.74) is 6.06. The van der Waals surface area contributed by atoms with Crippen molar-refractivity contribution in [3.63, 3.8) is 0 Å². The third-order valence-corrected chi connectivity index (χ3v) is 5.65. The van der Waals surface area contributed by atoms with Gasteiger partial charge in [0.2, 0.25) is 10.0 Å². The van der Waals surface area contributed by atoms with E-state index in [1.54, 1.807) is 18.3 Å². The molecule has 1 heterocycles. The number of methoxy groups -OCH3 is 1. The van der Waals surface area contributed by atoms with Crippen LogP contribution in [0.1, 0.15) is 9.88 Å². The van der Waals surface area contributed by atoms with Gasteiger partial charge in [-0.2, -0.15) is 4.31 Å². The molecule has 2 aromatic rings. The Morgan fingerprint density at radius 2 is 2.14 bits per heavy atom. The monoisotopic (exact) mass is 327 g/mol. The summed E-state index contributed by atoms with van der Waals surface area (Å²) < 4.78 is 31.7. The molecule has 0 unspecified atom stereocenters. The lowest BCUT2D eigenvalue weighted by molar-refractivity contribution is 0.398. The number of aryl methyl sites for hydroxylation is 1. The summed E-state index contributed by atoms with van der Waals surface area (Å²) in [5.74, 6) is 0.275. The molecule has 8 heteroatoms. The van der Waals surface area contributed by atoms with Gasteiger partial charge in [0.15, 0.2) is 0 Å². The highest BCUT2D eigenvalue weighted by molar-refractivity contribution is 7.89. The molecule has 114 valence electrons. The van der Waals surface area contributed by atoms with Gasteiger partial charge in [-0.15, -0.1) is 11.3 Å². The van der Waals surface area contributed by atoms with Crippen molar-refractivity contribution >= 4 is 27.0 Å². The van der Waals surface area contributed by atoms with Crippen LogP contribution in [0.3, 0.4) is 0 Å². The lowest BCUT2D eigenvalue weighted by Crippen LogP contribution is -2.26. The summed E-state index contributed by atoms with van der Waals surface area (Å²) in [6.45, 7) is 2.13. The number of nitrogens with two attached hydrogens (primary N) is 1. The van der Waals surface area contributed by atoms with Crippen molar-refractivity contribution in [1.29, 1.82) is 0 Å². The molecule has 0 aliphatic carbocycles. The van der Waals surface area contributed by atoms with E-state index in [2.05, 4.69) is 4.98 Å². The maximum atomic E-state index is 12.6. The van der Waals surface area contributed by atoms with Crippen LogP contribution >= 0.6 is 11.3 Å². The van der Waals surface area contributed by atoms with Gasteiger partial charge < -0.3 is 10.5 Å². The van der Waals surface area contributed by atoms with Gasteiger partial charge >= 0.3 is 0 Å². The summed E-state index contributed by atoms with van der Waals surface area (Å²) in [7, 11) is -0.737. The van der Waals surface area contributed by atoms with Crippen molar-refractivity contribution in [1.82, 2.24) is 9.29 Å². The molecule has 1 aromatic heterocycles. The molecule has 0 amide bonds. The molecule has 2 rings (SSSR count). The minimum Gasteiger partial charge on any atom is -0.495 e. The predicted molar refractivity (Wildman–Crippen MR) is 82.9 cm³/mol. The summed E-state index contributed by atoms with van der Waals surface area (Å²) in [6, 6.07) is 4.56. The highest BCUT2D eigenvalue weighted by Gasteiger charge is 2.25. The Balaban J connectivity index is 2.35. The van der Waals surface area contributed by atoms with E-state index in [0.717, 1.165) is 9.88 Å². The Bertz CT molecular complexity index is 741. The fraction of sp³-hybridized carbons (Fsp3) is 0.308. The first-order valence-electron chi connectivity index (χ1n) is 6.15. The average Bonchev–Trinajstić information content (AvgIpc) is 2.84. The van der Waals surface area contributed by atoms with Gasteiger partial charge in [0, 0.05) is 30.4 Å². The number of hydrogen-bond acceptors (Lipinski definition) is 6. The van der Waals surface area contributed by atoms with Crippen molar-refractivity contribution < 1.29 is 13.2 Å². The van der Waals surface area contributed by atoms with Gasteiger partial charge in [-0.1, -0.05) is 0 Å². The van der Waals surface area contributed by atoms with E-state index in [1.165, 1.54) is 35.9 Å². The van der Waals surface area contributed by atoms with Gasteiger partial charge in [0.25, 0.3) is 0 Å². The largest absolute Gasteiger partial charge is 0.495 e. The van der Waals surface area contributed by atoms with E-state index >= 15 is 0 Å². The number of anilines is 1. The Morgan fingerprint density at radius 3 is 2.71 bits per heavy atom. The summed E-state index contributed by atoms with van der Waals surface area (Å²) in [4.78, 5) is 5.06. The van der Waals surface area contributed by atoms with Gasteiger partial charge in [-0.05, 0) is 25.1 Å². The Morgan fingerprint density at radius 1 is 1.43 bits per heavy atom. The Labute approximate surface area is 128 Å². The zero-order valence-electron chi connectivity index (χ0n) is 12.0. The third kappa shape index (κ3) is 3.34. The van der Waals surface area contributed by atoms with E-state index in [1.807, 2.05) is 6.92 Å². The minimum absolute atomic E-state index is 0.0636. The van der Waals surface area contributed by atoms with Crippen molar-refractivity contribution in [2.45, 2.75) is 18.4 Å². The van der Waals surface area contributed by atoms with Crippen molar-refractivity contribution in [3.05, 3.63) is 34.3 Å². The lowest BCUT2D eigenvalue weighted by atomic mass is 10.3. The molecule has 0 atom stereocenters. The van der Waals surface area contributed by atoms with Crippen LogP contribution in [0.25, 0.3) is 0 Å². The molecule has 6 nitrogen and oxygen atoms in total. The number of ether oxygens (including phenoxy) is 1. The molecular weight excluding hydrogens is 310 g/mol. The van der Waals surface area contributed by atoms with Gasteiger partial charge in [0.1, 0.15) is 10.6 Å². The highest BCUT2D eigenvalue weighted by atomic mass is 32.2. The molecule has 0 saturated heterocycles. The zero-order valence-corrected chi connectivity index (χ0v) is 13.7. The number of rotatable bonds is 5. The second kappa shape index (κ2) is 6.00. The Kier molecular flexibility index (Phi) is 4.50. The summed E-state index contributed by atoms with van der Waals surface area (Å²) >= 11 is 1.47. The van der Waals surface area contributed by atoms with Gasteiger partial charge in [-0.3, -0.25) is 0 Å². The topological polar surface area (TPSA) is 85.5 Å². The van der Waals surface area contributed by atoms with E-state index in [4.69, 9.17) is 10.5 Å². The summed E-state index contributed by atoms with van der Waals surface area (Å²) in [6.07, 6.45) is 1.68. The standard InChI is InChI=1S/C13H17N3O3S2/c1-9-15-7-11(20-9)8-16(2)21(17,18)13-6-10(14)4-5-12(13)19-3/h4-7H,8,14H2,1-3H3. The number of aromatic nitrogens is 1. The molecule has 1 aromatic carbocycles. The van der Waals surface area contributed by atoms with E-state index in [0.29, 0.717) is 5.69 Å². The predicted octanol–water partition coefficient (Wildman–Crippen LogP) is 1.86. The van der Waals surface area contributed by atoms with Crippen LogP contribution in [-0.2, 0) is 16.6 Å². The molecule has 0 fully saturated rings. The van der Waals surface area contributed by atoms with Crippen molar-refractivity contribution in [2.24, 2.45) is 0 Å². The van der Waals surface area contributed by atoms with Crippen LogP contribution in [0.5, 0.6) is 5.75 Å². The van der Waals surface area contributed by atoms with E-state index in [-0.39, 0.29) is 17.2 Å². The molecule has 0 aliphatic rings. The van der Waals surface area contributed by atoms with Crippen LogP contribution in [0, 0.1) is 6.92 Å². The minimum atomic E-state index is -3.69. The van der Waals surface area contributed by atoms with Gasteiger partial charge in [0.05, 0.1) is 12.1 Å². The van der Waals surface area contributed by atoms with E-state index < -0.39 is 10.0 Å². The zero-order chi connectivity index (χ0) is 15.6. The molecule has 0 bridgehead atoms. The SMILES string of the molecule is COc1ccc(N)cc1S(=O)(=O)N(C)Cc1cnc(C)s1. The lowest BCUT2D eigenvalue weighted by Gasteiger charge is -2.18. The van der Waals surface area contributed by atoms with Crippen molar-refractivity contribution in [3.8, 4) is 5.75 Å². The smallest absolute Gasteiger partial charge is 0.246 e. The van der Waals surface area contributed by atoms with Gasteiger partial charge in [-0.25, -0.2) is 13.4 Å². The second-order valence-electron chi connectivity index (χ2n) is 4.52. The Hall–Kier alpha value is -1.64. The molecule has 0 aliphatic heterocycles. The number of sulfonamides is 1. The number of nitrogen functional groups attached to an aromatic ring is 1. The molecule has 21 heavy (non-hydrogen) atoms. The number of hydrogen-bond donors (Lipinski definition) is 1.